The van der Waals surface area contributed by atoms with Crippen LogP contribution in [-0.2, 0) is 0 Å². The average Bonchev–Trinajstić information content (AvgIpc) is 2.79. The molecule has 1 N–H and O–H groups in total. The van der Waals surface area contributed by atoms with Gasteiger partial charge in [0.2, 0.25) is 0 Å². The number of nitrogens with one attached hydrogen (secondary N) is 1. The van der Waals surface area contributed by atoms with Crippen molar-refractivity contribution in [2.45, 2.75) is 6.42 Å². The number of rotatable bonds is 11. The van der Waals surface area contributed by atoms with E-state index < -0.39 is 4.92 Å². The van der Waals surface area contributed by atoms with Crippen LogP contribution in [0.1, 0.15) is 12.0 Å². The van der Waals surface area contributed by atoms with Crippen LogP contribution in [0.3, 0.4) is 0 Å². The molecule has 0 atom stereocenters. The first-order chi connectivity index (χ1) is 15.1. The average molecular weight is 421 g/mol. The summed E-state index contributed by atoms with van der Waals surface area (Å²) in [6.45, 7) is 1.05. The monoisotopic (exact) mass is 421 g/mol. The number of benzene rings is 3. The molecule has 0 aliphatic rings. The SMILES string of the molecule is COc1cccc(OCCCOc2cccc(/C=N/Nc3ccc([N+](=O)[O-])cc3)c2)c1. The van der Waals surface area contributed by atoms with Crippen molar-refractivity contribution in [3.8, 4) is 17.2 Å². The van der Waals surface area contributed by atoms with E-state index in [1.165, 1.54) is 12.1 Å². The zero-order chi connectivity index (χ0) is 21.9. The minimum absolute atomic E-state index is 0.0354. The van der Waals surface area contributed by atoms with Crippen LogP contribution in [0, 0.1) is 10.1 Å². The van der Waals surface area contributed by atoms with Crippen LogP contribution >= 0.6 is 0 Å². The molecule has 0 saturated heterocycles. The number of non-ortho nitro benzene ring substituents is 1. The molecule has 0 radical (unpaired) electrons. The van der Waals surface area contributed by atoms with Gasteiger partial charge in [-0.1, -0.05) is 18.2 Å². The van der Waals surface area contributed by atoms with Gasteiger partial charge in [0.05, 0.1) is 37.1 Å². The van der Waals surface area contributed by atoms with Crippen LogP contribution in [0.25, 0.3) is 0 Å². The third kappa shape index (κ3) is 7.04. The first kappa shape index (κ1) is 21.6. The smallest absolute Gasteiger partial charge is 0.269 e. The van der Waals surface area contributed by atoms with Crippen molar-refractivity contribution in [3.63, 3.8) is 0 Å². The molecule has 0 bridgehead atoms. The number of methoxy groups -OCH3 is 1. The molecular weight excluding hydrogens is 398 g/mol. The number of nitro groups is 1. The summed E-state index contributed by atoms with van der Waals surface area (Å²) in [6.07, 6.45) is 2.39. The predicted octanol–water partition coefficient (Wildman–Crippen LogP) is 4.90. The van der Waals surface area contributed by atoms with Gasteiger partial charge in [-0.15, -0.1) is 0 Å². The maximum Gasteiger partial charge on any atom is 0.269 e. The highest BCUT2D eigenvalue weighted by atomic mass is 16.6. The van der Waals surface area contributed by atoms with Crippen LogP contribution in [0.2, 0.25) is 0 Å². The largest absolute Gasteiger partial charge is 0.497 e. The van der Waals surface area contributed by atoms with Crippen LogP contribution in [-0.4, -0.2) is 31.5 Å². The zero-order valence-corrected chi connectivity index (χ0v) is 17.1. The van der Waals surface area contributed by atoms with Crippen molar-refractivity contribution in [1.29, 1.82) is 0 Å². The van der Waals surface area contributed by atoms with E-state index in [4.69, 9.17) is 14.2 Å². The highest BCUT2D eigenvalue weighted by molar-refractivity contribution is 5.80. The van der Waals surface area contributed by atoms with Crippen molar-refractivity contribution in [2.75, 3.05) is 25.7 Å². The lowest BCUT2D eigenvalue weighted by molar-refractivity contribution is -0.384. The van der Waals surface area contributed by atoms with Gasteiger partial charge < -0.3 is 14.2 Å². The van der Waals surface area contributed by atoms with Gasteiger partial charge in [-0.05, 0) is 42.0 Å². The molecule has 3 rings (SSSR count). The number of nitrogens with zero attached hydrogens (tertiary/aromatic N) is 2. The Morgan fingerprint density at radius 2 is 1.58 bits per heavy atom. The highest BCUT2D eigenvalue weighted by Crippen LogP contribution is 2.19. The maximum absolute atomic E-state index is 10.7. The number of hydrazone groups is 1. The van der Waals surface area contributed by atoms with Gasteiger partial charge in [-0.2, -0.15) is 5.10 Å². The Bertz CT molecular complexity index is 1020. The van der Waals surface area contributed by atoms with Crippen LogP contribution < -0.4 is 19.6 Å². The number of hydrogen-bond donors (Lipinski definition) is 1. The third-order valence-electron chi connectivity index (χ3n) is 4.21. The Morgan fingerprint density at radius 3 is 2.26 bits per heavy atom. The molecule has 8 nitrogen and oxygen atoms in total. The van der Waals surface area contributed by atoms with Gasteiger partial charge in [0, 0.05) is 24.6 Å². The van der Waals surface area contributed by atoms with Crippen molar-refractivity contribution in [2.24, 2.45) is 5.10 Å². The Kier molecular flexibility index (Phi) is 7.82. The van der Waals surface area contributed by atoms with E-state index in [9.17, 15) is 10.1 Å². The topological polar surface area (TPSA) is 95.2 Å². The summed E-state index contributed by atoms with van der Waals surface area (Å²) in [6, 6.07) is 21.1. The molecule has 0 aliphatic heterocycles. The molecule has 160 valence electrons. The molecule has 0 saturated carbocycles. The second-order valence-corrected chi connectivity index (χ2v) is 6.48. The first-order valence-electron chi connectivity index (χ1n) is 9.67. The minimum Gasteiger partial charge on any atom is -0.497 e. The van der Waals surface area contributed by atoms with Crippen LogP contribution in [0.5, 0.6) is 17.2 Å². The van der Waals surface area contributed by atoms with E-state index in [0.29, 0.717) is 18.9 Å². The summed E-state index contributed by atoms with van der Waals surface area (Å²) in [5, 5.41) is 14.8. The molecular formula is C23H23N3O5. The quantitative estimate of drug-likeness (QED) is 0.205. The van der Waals surface area contributed by atoms with Crippen LogP contribution in [0.15, 0.2) is 77.9 Å². The molecule has 0 unspecified atom stereocenters. The lowest BCUT2D eigenvalue weighted by atomic mass is 10.2. The third-order valence-corrected chi connectivity index (χ3v) is 4.21. The summed E-state index contributed by atoms with van der Waals surface area (Å²) < 4.78 is 16.7. The molecule has 0 aliphatic carbocycles. The number of anilines is 1. The Hall–Kier alpha value is -4.07. The van der Waals surface area contributed by atoms with E-state index in [1.807, 2.05) is 48.5 Å². The molecule has 3 aromatic rings. The van der Waals surface area contributed by atoms with Gasteiger partial charge >= 0.3 is 0 Å². The van der Waals surface area contributed by atoms with Gasteiger partial charge in [0.1, 0.15) is 17.2 Å². The van der Waals surface area contributed by atoms with Crippen molar-refractivity contribution >= 4 is 17.6 Å². The highest BCUT2D eigenvalue weighted by Gasteiger charge is 2.03. The standard InChI is InChI=1S/C23H23N3O5/c1-29-21-6-3-8-23(16-21)31-14-4-13-30-22-7-2-5-18(15-22)17-24-25-19-9-11-20(12-10-19)26(27)28/h2-3,5-12,15-17,25H,4,13-14H2,1H3/b24-17+. The number of nitro benzene ring substituents is 1. The molecule has 0 aromatic heterocycles. The molecule has 0 spiro atoms. The number of ether oxygens (including phenoxy) is 3. The fraction of sp³-hybridized carbons (Fsp3) is 0.174. The summed E-state index contributed by atoms with van der Waals surface area (Å²) in [4.78, 5) is 10.2. The Labute approximate surface area is 180 Å². The summed E-state index contributed by atoms with van der Waals surface area (Å²) in [7, 11) is 1.62. The normalized spacial score (nSPS) is 10.6. The molecule has 31 heavy (non-hydrogen) atoms. The van der Waals surface area contributed by atoms with Crippen molar-refractivity contribution in [3.05, 3.63) is 88.5 Å². The van der Waals surface area contributed by atoms with E-state index in [1.54, 1.807) is 25.5 Å². The minimum atomic E-state index is -0.441. The fourth-order valence-electron chi connectivity index (χ4n) is 2.65. The number of hydrogen-bond acceptors (Lipinski definition) is 7. The van der Waals surface area contributed by atoms with Gasteiger partial charge in [0.15, 0.2) is 0 Å². The molecule has 3 aromatic carbocycles. The Morgan fingerprint density at radius 1 is 0.935 bits per heavy atom. The van der Waals surface area contributed by atoms with E-state index in [-0.39, 0.29) is 5.69 Å². The fourth-order valence-corrected chi connectivity index (χ4v) is 2.65. The molecule has 0 amide bonds. The lowest BCUT2D eigenvalue weighted by Gasteiger charge is -2.09. The second kappa shape index (κ2) is 11.2. The van der Waals surface area contributed by atoms with Gasteiger partial charge in [-0.3, -0.25) is 15.5 Å². The van der Waals surface area contributed by atoms with E-state index in [2.05, 4.69) is 10.5 Å². The first-order valence-corrected chi connectivity index (χ1v) is 9.67. The van der Waals surface area contributed by atoms with Crippen molar-refractivity contribution in [1.82, 2.24) is 0 Å². The molecule has 0 fully saturated rings. The summed E-state index contributed by atoms with van der Waals surface area (Å²) in [5.74, 6) is 2.26. The summed E-state index contributed by atoms with van der Waals surface area (Å²) >= 11 is 0. The molecule has 8 heteroatoms. The lowest BCUT2D eigenvalue weighted by Crippen LogP contribution is -2.05. The maximum atomic E-state index is 10.7. The second-order valence-electron chi connectivity index (χ2n) is 6.48. The van der Waals surface area contributed by atoms with Gasteiger partial charge in [-0.25, -0.2) is 0 Å². The van der Waals surface area contributed by atoms with Crippen LogP contribution in [0.4, 0.5) is 11.4 Å². The van der Waals surface area contributed by atoms with Gasteiger partial charge in [0.25, 0.3) is 5.69 Å². The van der Waals surface area contributed by atoms with E-state index in [0.717, 1.165) is 29.2 Å². The summed E-state index contributed by atoms with van der Waals surface area (Å²) in [5.41, 5.74) is 4.40. The van der Waals surface area contributed by atoms with E-state index >= 15 is 0 Å². The zero-order valence-electron chi connectivity index (χ0n) is 17.1. The predicted molar refractivity (Wildman–Crippen MR) is 119 cm³/mol. The molecule has 0 heterocycles. The Balaban J connectivity index is 1.42. The van der Waals surface area contributed by atoms with Crippen molar-refractivity contribution < 1.29 is 19.1 Å².